The number of ether oxygens (including phenoxy) is 4. The number of Topliss-reactive ketones (excluding diaryl/α,β-unsaturated/α-hetero) is 1. The number of rotatable bonds is 9. The lowest BCUT2D eigenvalue weighted by molar-refractivity contribution is -0.386. The minimum absolute atomic E-state index is 0.0821. The second kappa shape index (κ2) is 15.6. The molecular formula is C36H67N3O7. The topological polar surface area (TPSA) is 101 Å². The highest BCUT2D eigenvalue weighted by atomic mass is 16.8. The summed E-state index contributed by atoms with van der Waals surface area (Å²) in [6.07, 6.45) is 2.29. The zero-order valence-corrected chi connectivity index (χ0v) is 31.3. The molecule has 3 aliphatic rings. The van der Waals surface area contributed by atoms with Crippen LogP contribution in [0.2, 0.25) is 0 Å². The number of likely N-dealkylation sites (N-methyl/N-ethyl adjacent to an activating group) is 1. The van der Waals surface area contributed by atoms with Crippen molar-refractivity contribution in [2.24, 2.45) is 28.6 Å². The van der Waals surface area contributed by atoms with Crippen LogP contribution in [-0.4, -0.2) is 128 Å². The average Bonchev–Trinajstić information content (AvgIpc) is 2.95. The summed E-state index contributed by atoms with van der Waals surface area (Å²) in [5, 5.41) is 11.5. The van der Waals surface area contributed by atoms with Crippen LogP contribution in [0.3, 0.4) is 0 Å². The van der Waals surface area contributed by atoms with Crippen molar-refractivity contribution in [1.82, 2.24) is 14.7 Å². The van der Waals surface area contributed by atoms with Gasteiger partial charge in [-0.3, -0.25) is 14.5 Å². The van der Waals surface area contributed by atoms with Gasteiger partial charge in [-0.05, 0) is 98.9 Å². The van der Waals surface area contributed by atoms with Gasteiger partial charge in [0.1, 0.15) is 18.1 Å². The molecule has 10 nitrogen and oxygen atoms in total. The van der Waals surface area contributed by atoms with Gasteiger partial charge in [0.2, 0.25) is 0 Å². The molecule has 3 fully saturated rings. The van der Waals surface area contributed by atoms with E-state index in [-0.39, 0.29) is 36.5 Å². The molecule has 2 heterocycles. The molecular weight excluding hydrogens is 586 g/mol. The third-order valence-corrected chi connectivity index (χ3v) is 11.5. The van der Waals surface area contributed by atoms with Gasteiger partial charge in [0.05, 0.1) is 12.0 Å². The Morgan fingerprint density at radius 1 is 1.02 bits per heavy atom. The van der Waals surface area contributed by atoms with Crippen LogP contribution in [0, 0.1) is 28.6 Å². The number of esters is 1. The van der Waals surface area contributed by atoms with E-state index in [4.69, 9.17) is 18.9 Å². The molecule has 0 bridgehead atoms. The van der Waals surface area contributed by atoms with Crippen LogP contribution in [0.25, 0.3) is 0 Å². The van der Waals surface area contributed by atoms with E-state index >= 15 is 0 Å². The number of methoxy groups -OCH3 is 1. The maximum absolute atomic E-state index is 14.5. The smallest absolute Gasteiger partial charge is 0.319 e. The standard InChI is InChI=1S/C36H67N3O7/c1-14-16-39-21-23(3)20-34(6,7)36(43-13,46-32-30(40)28(37(10)11)17-24(4)45-32)25(5)31(41)35(8,9)33(42)44-22-29(39)26-18-27(19-26)38(12)15-2/h23-30,32,40H,14-22H2,1-13H3/t23-,24-,25+,26?,27?,28+,29+,30-,32+,36+/m1/s1. The Morgan fingerprint density at radius 3 is 2.20 bits per heavy atom. The molecule has 0 amide bonds. The molecule has 268 valence electrons. The van der Waals surface area contributed by atoms with Crippen molar-refractivity contribution in [1.29, 1.82) is 0 Å². The molecule has 10 heteroatoms. The van der Waals surface area contributed by atoms with Gasteiger partial charge in [-0.25, -0.2) is 0 Å². The second-order valence-electron chi connectivity index (χ2n) is 16.1. The molecule has 0 spiro atoms. The molecule has 1 N–H and O–H groups in total. The number of carbonyl (C=O) groups is 2. The van der Waals surface area contributed by atoms with E-state index in [1.165, 1.54) is 0 Å². The summed E-state index contributed by atoms with van der Waals surface area (Å²) in [6.45, 7) is 20.8. The number of hydrogen-bond acceptors (Lipinski definition) is 10. The fourth-order valence-corrected chi connectivity index (χ4v) is 8.58. The summed E-state index contributed by atoms with van der Waals surface area (Å²) in [5.74, 6) is -2.62. The molecule has 0 unspecified atom stereocenters. The third kappa shape index (κ3) is 8.01. The van der Waals surface area contributed by atoms with Crippen molar-refractivity contribution in [2.45, 2.75) is 137 Å². The Balaban J connectivity index is 2.06. The summed E-state index contributed by atoms with van der Waals surface area (Å²) in [6, 6.07) is 0.430. The molecule has 0 aromatic heterocycles. The number of ketones is 1. The molecule has 1 saturated carbocycles. The van der Waals surface area contributed by atoms with Gasteiger partial charge in [-0.15, -0.1) is 0 Å². The van der Waals surface area contributed by atoms with Crippen LogP contribution in [-0.2, 0) is 28.5 Å². The first-order chi connectivity index (χ1) is 21.4. The summed E-state index contributed by atoms with van der Waals surface area (Å²) < 4.78 is 25.5. The quantitative estimate of drug-likeness (QED) is 0.219. The zero-order chi connectivity index (χ0) is 34.8. The second-order valence-corrected chi connectivity index (χ2v) is 16.1. The molecule has 2 saturated heterocycles. The van der Waals surface area contributed by atoms with E-state index in [9.17, 15) is 14.7 Å². The monoisotopic (exact) mass is 653 g/mol. The minimum atomic E-state index is -1.51. The van der Waals surface area contributed by atoms with Crippen molar-refractivity contribution in [3.63, 3.8) is 0 Å². The van der Waals surface area contributed by atoms with E-state index in [1.54, 1.807) is 27.9 Å². The number of aliphatic hydroxyl groups excluding tert-OH is 1. The Bertz CT molecular complexity index is 1020. The molecule has 8 atom stereocenters. The largest absolute Gasteiger partial charge is 0.463 e. The molecule has 0 radical (unpaired) electrons. The highest BCUT2D eigenvalue weighted by Crippen LogP contribution is 2.49. The van der Waals surface area contributed by atoms with Gasteiger partial charge in [0.25, 0.3) is 0 Å². The fraction of sp³-hybridized carbons (Fsp3) is 0.944. The van der Waals surface area contributed by atoms with Crippen molar-refractivity contribution < 1.29 is 33.6 Å². The number of carbonyl (C=O) groups excluding carboxylic acids is 2. The summed E-state index contributed by atoms with van der Waals surface area (Å²) in [4.78, 5) is 35.3. The molecule has 0 aromatic rings. The Hall–Kier alpha value is -1.14. The maximum atomic E-state index is 14.5. The number of nitrogens with zero attached hydrogens (tertiary/aromatic N) is 3. The van der Waals surface area contributed by atoms with Gasteiger partial charge < -0.3 is 33.9 Å². The predicted molar refractivity (Wildman–Crippen MR) is 180 cm³/mol. The van der Waals surface area contributed by atoms with E-state index in [0.717, 1.165) is 38.9 Å². The van der Waals surface area contributed by atoms with Gasteiger partial charge in [0, 0.05) is 37.2 Å². The minimum Gasteiger partial charge on any atom is -0.463 e. The highest BCUT2D eigenvalue weighted by Gasteiger charge is 2.59. The first-order valence-electron chi connectivity index (χ1n) is 17.7. The molecule has 0 aromatic carbocycles. The zero-order valence-electron chi connectivity index (χ0n) is 31.3. The third-order valence-electron chi connectivity index (χ3n) is 11.5. The van der Waals surface area contributed by atoms with Crippen molar-refractivity contribution >= 4 is 11.8 Å². The van der Waals surface area contributed by atoms with E-state index < -0.39 is 40.9 Å². The van der Waals surface area contributed by atoms with E-state index in [1.807, 2.05) is 25.9 Å². The summed E-state index contributed by atoms with van der Waals surface area (Å²) in [7, 11) is 7.60. The summed E-state index contributed by atoms with van der Waals surface area (Å²) >= 11 is 0. The fourth-order valence-electron chi connectivity index (χ4n) is 8.58. The van der Waals surface area contributed by atoms with Gasteiger partial charge in [-0.2, -0.15) is 0 Å². The van der Waals surface area contributed by atoms with Gasteiger partial charge in [0.15, 0.2) is 17.9 Å². The lowest BCUT2D eigenvalue weighted by Gasteiger charge is -2.53. The molecule has 1 aliphatic carbocycles. The molecule has 46 heavy (non-hydrogen) atoms. The van der Waals surface area contributed by atoms with E-state index in [2.05, 4.69) is 51.5 Å². The predicted octanol–water partition coefficient (Wildman–Crippen LogP) is 4.42. The van der Waals surface area contributed by atoms with Crippen LogP contribution in [0.15, 0.2) is 0 Å². The lowest BCUT2D eigenvalue weighted by Crippen LogP contribution is -2.64. The van der Waals surface area contributed by atoms with Crippen LogP contribution in [0.5, 0.6) is 0 Å². The van der Waals surface area contributed by atoms with Crippen LogP contribution < -0.4 is 0 Å². The van der Waals surface area contributed by atoms with Crippen LogP contribution in [0.1, 0.15) is 94.4 Å². The normalized spacial score (nSPS) is 39.7. The van der Waals surface area contributed by atoms with Crippen LogP contribution in [0.4, 0.5) is 0 Å². The summed E-state index contributed by atoms with van der Waals surface area (Å²) in [5.41, 5.74) is -2.17. The highest BCUT2D eigenvalue weighted by molar-refractivity contribution is 6.04. The van der Waals surface area contributed by atoms with Gasteiger partial charge >= 0.3 is 5.97 Å². The number of aliphatic hydroxyl groups is 1. The molecule has 2 aliphatic heterocycles. The number of hydrogen-bond donors (Lipinski definition) is 1. The Kier molecular flexibility index (Phi) is 13.3. The first-order valence-corrected chi connectivity index (χ1v) is 17.7. The SMILES string of the molecule is CCCN1C[C@H](C)CC(C)(C)[C@@](OC)(O[C@@H]2O[C@H](C)C[C@H](N(C)C)[C@H]2O)[C@@H](C)C(=O)C(C)(C)C(=O)OC[C@H]1C1CC(N(C)CC)C1. The van der Waals surface area contributed by atoms with Crippen molar-refractivity contribution in [3.05, 3.63) is 0 Å². The van der Waals surface area contributed by atoms with Gasteiger partial charge in [-0.1, -0.05) is 41.5 Å². The van der Waals surface area contributed by atoms with E-state index in [0.29, 0.717) is 24.8 Å². The Labute approximate surface area is 279 Å². The van der Waals surface area contributed by atoms with Crippen molar-refractivity contribution in [3.8, 4) is 0 Å². The Morgan fingerprint density at radius 2 is 1.65 bits per heavy atom. The molecule has 3 rings (SSSR count). The van der Waals surface area contributed by atoms with Crippen molar-refractivity contribution in [2.75, 3.05) is 54.5 Å². The average molecular weight is 654 g/mol. The number of cyclic esters (lactones) is 1. The first kappa shape index (κ1) is 39.3. The maximum Gasteiger partial charge on any atom is 0.319 e. The lowest BCUT2D eigenvalue weighted by atomic mass is 9.67. The van der Waals surface area contributed by atoms with Crippen LogP contribution >= 0.6 is 0 Å².